The Morgan fingerprint density at radius 3 is 1.92 bits per heavy atom. The quantitative estimate of drug-likeness (QED) is 0.237. The average Bonchev–Trinajstić information content (AvgIpc) is 2.58. The lowest BCUT2D eigenvalue weighted by atomic mass is 9.92. The van der Waals surface area contributed by atoms with E-state index in [-0.39, 0.29) is 0 Å². The maximum absolute atomic E-state index is 10.3. The summed E-state index contributed by atoms with van der Waals surface area (Å²) in [6.45, 7) is 0.468. The molecule has 11 heteroatoms. The fourth-order valence-electron chi connectivity index (χ4n) is 2.90. The molecule has 0 spiro atoms. The summed E-state index contributed by atoms with van der Waals surface area (Å²) in [6, 6.07) is 0. The molecule has 142 valence electrons. The Morgan fingerprint density at radius 1 is 0.833 bits per heavy atom. The van der Waals surface area contributed by atoms with Gasteiger partial charge in [0.25, 0.3) is 0 Å². The van der Waals surface area contributed by atoms with E-state index in [4.69, 9.17) is 20.1 Å². The molecule has 0 saturated carbocycles. The Kier molecular flexibility index (Phi) is 6.87. The minimum Gasteiger partial charge on any atom is -0.394 e. The van der Waals surface area contributed by atoms with E-state index in [1.54, 1.807) is 6.92 Å². The smallest absolute Gasteiger partial charge is 0.187 e. The maximum atomic E-state index is 10.3. The highest BCUT2D eigenvalue weighted by Gasteiger charge is 2.49. The van der Waals surface area contributed by atoms with Crippen LogP contribution in [0.2, 0.25) is 0 Å². The van der Waals surface area contributed by atoms with Gasteiger partial charge in [-0.2, -0.15) is 0 Å². The van der Waals surface area contributed by atoms with Crippen LogP contribution in [0.25, 0.3) is 0 Å². The highest BCUT2D eigenvalue weighted by molar-refractivity contribution is 4.92. The summed E-state index contributed by atoms with van der Waals surface area (Å²) in [7, 11) is 0. The van der Waals surface area contributed by atoms with E-state index < -0.39 is 74.4 Å². The molecule has 2 aliphatic rings. The van der Waals surface area contributed by atoms with Crippen molar-refractivity contribution >= 4 is 0 Å². The van der Waals surface area contributed by atoms with Crippen LogP contribution in [-0.2, 0) is 19.0 Å². The molecule has 0 aromatic rings. The molecule has 24 heavy (non-hydrogen) atoms. The van der Waals surface area contributed by atoms with Crippen LogP contribution in [-0.4, -0.2) is 99.2 Å². The zero-order valence-corrected chi connectivity index (χ0v) is 13.1. The molecule has 0 aromatic carbocycles. The summed E-state index contributed by atoms with van der Waals surface area (Å²) in [5.41, 5.74) is 0. The summed E-state index contributed by atoms with van der Waals surface area (Å²) in [6.07, 6.45) is -11.7. The van der Waals surface area contributed by atoms with Gasteiger partial charge >= 0.3 is 0 Å². The van der Waals surface area contributed by atoms with Crippen molar-refractivity contribution in [2.45, 2.75) is 62.2 Å². The van der Waals surface area contributed by atoms with Gasteiger partial charge < -0.3 is 44.8 Å². The number of aliphatic hydroxyl groups is 6. The minimum atomic E-state index is -1.62. The first-order valence-corrected chi connectivity index (χ1v) is 7.61. The zero-order valence-electron chi connectivity index (χ0n) is 13.1. The monoisotopic (exact) mass is 355 g/mol. The summed E-state index contributed by atoms with van der Waals surface area (Å²) >= 11 is 0. The number of rotatable bonds is 5. The van der Waals surface area contributed by atoms with Crippen LogP contribution in [0.3, 0.4) is 0 Å². The molecular weight excluding hydrogens is 330 g/mol. The molecule has 8 N–H and O–H groups in total. The van der Waals surface area contributed by atoms with Crippen molar-refractivity contribution in [2.24, 2.45) is 11.8 Å². The third-order valence-corrected chi connectivity index (χ3v) is 4.43. The summed E-state index contributed by atoms with van der Waals surface area (Å²) in [5.74, 6) is 4.52. The van der Waals surface area contributed by atoms with E-state index in [9.17, 15) is 30.6 Å². The van der Waals surface area contributed by atoms with Crippen molar-refractivity contribution < 1.29 is 49.7 Å². The number of aliphatic hydroxyl groups excluding tert-OH is 6. The lowest BCUT2D eigenvalue weighted by Crippen LogP contribution is -2.63. The topological polar surface area (TPSA) is 184 Å². The summed E-state index contributed by atoms with van der Waals surface area (Å²) in [5, 5.41) is 58.3. The van der Waals surface area contributed by atoms with E-state index in [2.05, 4.69) is 4.84 Å². The van der Waals surface area contributed by atoms with Crippen molar-refractivity contribution in [1.82, 2.24) is 0 Å². The van der Waals surface area contributed by atoms with Crippen LogP contribution < -0.4 is 5.90 Å². The predicted molar refractivity (Wildman–Crippen MR) is 74.8 cm³/mol. The van der Waals surface area contributed by atoms with Crippen LogP contribution in [0.4, 0.5) is 0 Å². The highest BCUT2D eigenvalue weighted by atomic mass is 16.8. The first-order chi connectivity index (χ1) is 11.3. The van der Waals surface area contributed by atoms with Crippen LogP contribution in [0, 0.1) is 5.92 Å². The third-order valence-electron chi connectivity index (χ3n) is 4.43. The van der Waals surface area contributed by atoms with Crippen molar-refractivity contribution in [1.29, 1.82) is 0 Å². The SMILES string of the molecule is CC1[C@@H](ON)OC(CO)C(O)[C@@H]1O[C@@H]1OC(CO)C(O)[C@H](O)C1O. The molecule has 0 aliphatic carbocycles. The molecule has 2 saturated heterocycles. The van der Waals surface area contributed by atoms with E-state index in [1.807, 2.05) is 0 Å². The maximum Gasteiger partial charge on any atom is 0.187 e. The van der Waals surface area contributed by atoms with Gasteiger partial charge in [-0.3, -0.25) is 4.84 Å². The van der Waals surface area contributed by atoms with Gasteiger partial charge in [-0.15, -0.1) is 0 Å². The third kappa shape index (κ3) is 3.71. The van der Waals surface area contributed by atoms with Gasteiger partial charge in [0.2, 0.25) is 0 Å². The molecule has 0 amide bonds. The van der Waals surface area contributed by atoms with Crippen LogP contribution in [0.1, 0.15) is 6.92 Å². The molecule has 0 radical (unpaired) electrons. The average molecular weight is 355 g/mol. The van der Waals surface area contributed by atoms with Crippen LogP contribution in [0.15, 0.2) is 0 Å². The van der Waals surface area contributed by atoms with Crippen molar-refractivity contribution in [3.63, 3.8) is 0 Å². The number of ether oxygens (including phenoxy) is 3. The summed E-state index contributed by atoms with van der Waals surface area (Å²) in [4.78, 5) is 4.65. The van der Waals surface area contributed by atoms with Gasteiger partial charge in [0.05, 0.1) is 19.3 Å². The molecule has 0 bridgehead atoms. The Morgan fingerprint density at radius 2 is 1.38 bits per heavy atom. The van der Waals surface area contributed by atoms with E-state index in [0.29, 0.717) is 0 Å². The Labute approximate surface area is 138 Å². The van der Waals surface area contributed by atoms with Gasteiger partial charge in [-0.05, 0) is 0 Å². The minimum absolute atomic E-state index is 0.526. The van der Waals surface area contributed by atoms with Gasteiger partial charge in [-0.25, -0.2) is 5.90 Å². The lowest BCUT2D eigenvalue weighted by molar-refractivity contribution is -0.352. The largest absolute Gasteiger partial charge is 0.394 e. The highest BCUT2D eigenvalue weighted by Crippen LogP contribution is 2.31. The number of nitrogens with two attached hydrogens (primary N) is 1. The Hall–Kier alpha value is -0.440. The second-order valence-electron chi connectivity index (χ2n) is 6.01. The first kappa shape index (κ1) is 19.9. The number of hydrogen-bond donors (Lipinski definition) is 7. The molecule has 6 unspecified atom stereocenters. The fourth-order valence-corrected chi connectivity index (χ4v) is 2.90. The molecule has 2 heterocycles. The van der Waals surface area contributed by atoms with Gasteiger partial charge in [0, 0.05) is 5.92 Å². The van der Waals surface area contributed by atoms with Gasteiger partial charge in [0.15, 0.2) is 12.6 Å². The van der Waals surface area contributed by atoms with Gasteiger partial charge in [0.1, 0.15) is 36.6 Å². The molecule has 0 aromatic heterocycles. The van der Waals surface area contributed by atoms with Crippen LogP contribution >= 0.6 is 0 Å². The Balaban J connectivity index is 2.14. The molecule has 10 atom stereocenters. The second-order valence-corrected chi connectivity index (χ2v) is 6.01. The summed E-state index contributed by atoms with van der Waals surface area (Å²) < 4.78 is 16.1. The van der Waals surface area contributed by atoms with Gasteiger partial charge in [-0.1, -0.05) is 6.92 Å². The molecule has 2 aliphatic heterocycles. The van der Waals surface area contributed by atoms with E-state index in [1.165, 1.54) is 0 Å². The zero-order chi connectivity index (χ0) is 18.0. The lowest BCUT2D eigenvalue weighted by Gasteiger charge is -2.46. The van der Waals surface area contributed by atoms with E-state index in [0.717, 1.165) is 0 Å². The fraction of sp³-hybridized carbons (Fsp3) is 1.00. The molecular formula is C13H25NO10. The number of hydrogen-bond acceptors (Lipinski definition) is 11. The second kappa shape index (κ2) is 8.29. The molecule has 11 nitrogen and oxygen atoms in total. The van der Waals surface area contributed by atoms with Crippen molar-refractivity contribution in [2.75, 3.05) is 13.2 Å². The first-order valence-electron chi connectivity index (χ1n) is 7.61. The van der Waals surface area contributed by atoms with Crippen molar-refractivity contribution in [3.8, 4) is 0 Å². The normalized spacial score (nSPS) is 50.0. The van der Waals surface area contributed by atoms with E-state index >= 15 is 0 Å². The predicted octanol–water partition coefficient (Wildman–Crippen LogP) is -4.22. The molecule has 2 fully saturated rings. The van der Waals surface area contributed by atoms with Crippen LogP contribution in [0.5, 0.6) is 0 Å². The standard InChI is InChI=1S/C13H25NO10/c1-4-11(8(18)6(3-16)21-12(4)24-14)23-13-10(20)9(19)7(17)5(2-15)22-13/h4-13,15-20H,2-3,14H2,1H3/t4?,5?,6?,7?,8?,9-,10?,11+,12+,13-/m0/s1. The molecule has 2 rings (SSSR count). The van der Waals surface area contributed by atoms with Crippen molar-refractivity contribution in [3.05, 3.63) is 0 Å². The Bertz CT molecular complexity index is 383.